The van der Waals surface area contributed by atoms with Gasteiger partial charge in [-0.2, -0.15) is 10.2 Å². The predicted molar refractivity (Wildman–Crippen MR) is 85.2 cm³/mol. The zero-order valence-electron chi connectivity index (χ0n) is 13.8. The highest BCUT2D eigenvalue weighted by molar-refractivity contribution is 5.07. The van der Waals surface area contributed by atoms with Crippen molar-refractivity contribution >= 4 is 0 Å². The highest BCUT2D eigenvalue weighted by Gasteiger charge is 2.10. The van der Waals surface area contributed by atoms with E-state index < -0.39 is 0 Å². The number of rotatable bonds is 6. The topological polar surface area (TPSA) is 47.7 Å². The number of hydrogen-bond acceptors (Lipinski definition) is 3. The first-order valence-corrected chi connectivity index (χ1v) is 7.68. The summed E-state index contributed by atoms with van der Waals surface area (Å²) in [7, 11) is 0. The van der Waals surface area contributed by atoms with Gasteiger partial charge in [0, 0.05) is 36.1 Å². The van der Waals surface area contributed by atoms with Crippen LogP contribution in [0.3, 0.4) is 0 Å². The first-order chi connectivity index (χ1) is 9.87. The fourth-order valence-electron chi connectivity index (χ4n) is 2.01. The first-order valence-electron chi connectivity index (χ1n) is 7.68. The van der Waals surface area contributed by atoms with Gasteiger partial charge in [-0.15, -0.1) is 0 Å². The van der Waals surface area contributed by atoms with E-state index in [1.165, 1.54) is 5.56 Å². The third-order valence-electron chi connectivity index (χ3n) is 3.54. The number of nitrogens with zero attached hydrogens (tertiary/aromatic N) is 4. The van der Waals surface area contributed by atoms with Gasteiger partial charge in [0.25, 0.3) is 0 Å². The molecule has 2 rings (SSSR count). The minimum Gasteiger partial charge on any atom is -0.308 e. The van der Waals surface area contributed by atoms with E-state index >= 15 is 0 Å². The summed E-state index contributed by atoms with van der Waals surface area (Å²) in [6.07, 6.45) is 7.14. The molecule has 0 aromatic carbocycles. The van der Waals surface area contributed by atoms with Crippen molar-refractivity contribution in [2.45, 2.75) is 65.7 Å². The molecule has 1 N–H and O–H groups in total. The Morgan fingerprint density at radius 1 is 1.33 bits per heavy atom. The minimum absolute atomic E-state index is 0.122. The minimum atomic E-state index is 0.122. The van der Waals surface area contributed by atoms with Gasteiger partial charge in [0.1, 0.15) is 0 Å². The summed E-state index contributed by atoms with van der Waals surface area (Å²) in [5.74, 6) is 0. The van der Waals surface area contributed by atoms with E-state index in [2.05, 4.69) is 68.6 Å². The van der Waals surface area contributed by atoms with E-state index in [9.17, 15) is 0 Å². The quantitative estimate of drug-likeness (QED) is 0.889. The Hall–Kier alpha value is -1.62. The second-order valence-corrected chi connectivity index (χ2v) is 6.69. The molecular formula is C16H27N5. The van der Waals surface area contributed by atoms with Crippen molar-refractivity contribution < 1.29 is 0 Å². The molecule has 1 atom stereocenters. The van der Waals surface area contributed by atoms with Gasteiger partial charge in [-0.1, -0.05) is 6.92 Å². The summed E-state index contributed by atoms with van der Waals surface area (Å²) < 4.78 is 3.98. The Morgan fingerprint density at radius 2 is 2.10 bits per heavy atom. The molecule has 2 heterocycles. The largest absolute Gasteiger partial charge is 0.308 e. The average Bonchev–Trinajstić information content (AvgIpc) is 3.04. The van der Waals surface area contributed by atoms with E-state index in [1.54, 1.807) is 0 Å². The van der Waals surface area contributed by atoms with Crippen molar-refractivity contribution in [3.63, 3.8) is 0 Å². The maximum absolute atomic E-state index is 4.61. The van der Waals surface area contributed by atoms with Gasteiger partial charge in [-0.25, -0.2) is 0 Å². The fraction of sp³-hybridized carbons (Fsp3) is 0.625. The summed E-state index contributed by atoms with van der Waals surface area (Å²) in [5.41, 5.74) is 2.37. The van der Waals surface area contributed by atoms with Crippen LogP contribution in [0.25, 0.3) is 0 Å². The van der Waals surface area contributed by atoms with Crippen molar-refractivity contribution in [2.24, 2.45) is 0 Å². The normalized spacial score (nSPS) is 13.6. The smallest absolute Gasteiger partial charge is 0.0849 e. The molecule has 0 aliphatic heterocycles. The molecule has 5 nitrogen and oxygen atoms in total. The molecule has 116 valence electrons. The highest BCUT2D eigenvalue weighted by Crippen LogP contribution is 2.10. The van der Waals surface area contributed by atoms with Gasteiger partial charge >= 0.3 is 0 Å². The van der Waals surface area contributed by atoms with Gasteiger partial charge in [0.05, 0.1) is 18.4 Å². The van der Waals surface area contributed by atoms with Crippen LogP contribution in [0.2, 0.25) is 0 Å². The van der Waals surface area contributed by atoms with Crippen LogP contribution in [0.15, 0.2) is 24.7 Å². The summed E-state index contributed by atoms with van der Waals surface area (Å²) >= 11 is 0. The number of nitrogens with one attached hydrogen (secondary N) is 1. The number of hydrogen-bond donors (Lipinski definition) is 1. The van der Waals surface area contributed by atoms with Gasteiger partial charge in [0.15, 0.2) is 0 Å². The van der Waals surface area contributed by atoms with Gasteiger partial charge in [-0.3, -0.25) is 9.36 Å². The molecule has 0 aliphatic carbocycles. The molecule has 1 unspecified atom stereocenters. The first kappa shape index (κ1) is 15.8. The second-order valence-electron chi connectivity index (χ2n) is 6.69. The molecule has 5 heteroatoms. The lowest BCUT2D eigenvalue weighted by atomic mass is 10.1. The molecule has 0 aliphatic rings. The van der Waals surface area contributed by atoms with Crippen molar-refractivity contribution in [3.8, 4) is 0 Å². The molecule has 0 spiro atoms. The van der Waals surface area contributed by atoms with E-state index in [0.29, 0.717) is 6.04 Å². The Morgan fingerprint density at radius 3 is 2.76 bits per heavy atom. The molecule has 2 aromatic rings. The van der Waals surface area contributed by atoms with Crippen LogP contribution < -0.4 is 5.32 Å². The average molecular weight is 289 g/mol. The number of aromatic nitrogens is 4. The van der Waals surface area contributed by atoms with Crippen LogP contribution in [0, 0.1) is 0 Å². The maximum Gasteiger partial charge on any atom is 0.0849 e. The monoisotopic (exact) mass is 289 g/mol. The van der Waals surface area contributed by atoms with Crippen LogP contribution in [-0.2, 0) is 13.1 Å². The molecule has 0 amide bonds. The predicted octanol–water partition coefficient (Wildman–Crippen LogP) is 2.99. The maximum atomic E-state index is 4.61. The highest BCUT2D eigenvalue weighted by atomic mass is 15.3. The molecule has 0 radical (unpaired) electrons. The molecule has 0 saturated carbocycles. The molecular weight excluding hydrogens is 262 g/mol. The van der Waals surface area contributed by atoms with Crippen LogP contribution in [0.1, 0.15) is 58.3 Å². The Labute approximate surface area is 127 Å². The van der Waals surface area contributed by atoms with Crippen LogP contribution >= 0.6 is 0 Å². The SMILES string of the molecule is CCC(C)n1ccc(Cn2cc(CNC(C)(C)C)cn2)n1. The van der Waals surface area contributed by atoms with Crippen LogP contribution in [-0.4, -0.2) is 25.1 Å². The van der Waals surface area contributed by atoms with E-state index in [4.69, 9.17) is 0 Å². The van der Waals surface area contributed by atoms with Gasteiger partial charge in [-0.05, 0) is 40.2 Å². The van der Waals surface area contributed by atoms with E-state index in [0.717, 1.165) is 25.2 Å². The molecule has 2 aromatic heterocycles. The summed E-state index contributed by atoms with van der Waals surface area (Å²) in [6.45, 7) is 12.4. The lowest BCUT2D eigenvalue weighted by Gasteiger charge is -2.19. The van der Waals surface area contributed by atoms with Crippen molar-refractivity contribution in [1.82, 2.24) is 24.9 Å². The molecule has 0 bridgehead atoms. The summed E-state index contributed by atoms with van der Waals surface area (Å²) in [5, 5.41) is 12.5. The van der Waals surface area contributed by atoms with Crippen molar-refractivity contribution in [3.05, 3.63) is 35.9 Å². The third-order valence-corrected chi connectivity index (χ3v) is 3.54. The molecule has 21 heavy (non-hydrogen) atoms. The lowest BCUT2D eigenvalue weighted by Crippen LogP contribution is -2.34. The van der Waals surface area contributed by atoms with E-state index in [-0.39, 0.29) is 5.54 Å². The Bertz CT molecular complexity index is 561. The fourth-order valence-corrected chi connectivity index (χ4v) is 2.01. The Kier molecular flexibility index (Phi) is 4.83. The zero-order chi connectivity index (χ0) is 15.5. The summed E-state index contributed by atoms with van der Waals surface area (Å²) in [6, 6.07) is 2.52. The Balaban J connectivity index is 1.94. The van der Waals surface area contributed by atoms with Crippen LogP contribution in [0.5, 0.6) is 0 Å². The second kappa shape index (κ2) is 6.43. The van der Waals surface area contributed by atoms with Crippen molar-refractivity contribution in [1.29, 1.82) is 0 Å². The lowest BCUT2D eigenvalue weighted by molar-refractivity contribution is 0.424. The summed E-state index contributed by atoms with van der Waals surface area (Å²) in [4.78, 5) is 0. The standard InChI is InChI=1S/C16H27N5/c1-6-13(2)21-8-7-15(19-21)12-20-11-14(10-18-20)9-17-16(3,4)5/h7-8,10-11,13,17H,6,9,12H2,1-5H3. The van der Waals surface area contributed by atoms with Crippen molar-refractivity contribution in [2.75, 3.05) is 0 Å². The van der Waals surface area contributed by atoms with E-state index in [1.807, 2.05) is 15.6 Å². The third kappa shape index (κ3) is 4.70. The zero-order valence-corrected chi connectivity index (χ0v) is 13.8. The van der Waals surface area contributed by atoms with Gasteiger partial charge < -0.3 is 5.32 Å². The van der Waals surface area contributed by atoms with Gasteiger partial charge in [0.2, 0.25) is 0 Å². The van der Waals surface area contributed by atoms with Crippen LogP contribution in [0.4, 0.5) is 0 Å². The molecule has 0 fully saturated rings. The molecule has 0 saturated heterocycles.